The molecule has 1 fully saturated rings. The molecule has 0 unspecified atom stereocenters. The molecule has 90 valence electrons. The number of ether oxygens (including phenoxy) is 1. The summed E-state index contributed by atoms with van der Waals surface area (Å²) < 4.78 is 5.30. The van der Waals surface area contributed by atoms with Crippen LogP contribution in [0.1, 0.15) is 18.4 Å². The van der Waals surface area contributed by atoms with Crippen LogP contribution in [0.3, 0.4) is 0 Å². The van der Waals surface area contributed by atoms with Gasteiger partial charge in [0.1, 0.15) is 6.61 Å². The van der Waals surface area contributed by atoms with Crippen molar-refractivity contribution in [3.05, 3.63) is 35.9 Å². The lowest BCUT2D eigenvalue weighted by Crippen LogP contribution is -2.34. The fraction of sp³-hybridized carbons (Fsp3) is 0.385. The summed E-state index contributed by atoms with van der Waals surface area (Å²) >= 11 is 0. The molecule has 2 rings (SSSR count). The van der Waals surface area contributed by atoms with Gasteiger partial charge >= 0.3 is 0 Å². The molecule has 0 N–H and O–H groups in total. The van der Waals surface area contributed by atoms with Crippen LogP contribution in [0.4, 0.5) is 0 Å². The molecule has 0 aliphatic carbocycles. The van der Waals surface area contributed by atoms with Crippen molar-refractivity contribution in [3.63, 3.8) is 0 Å². The molecule has 1 saturated heterocycles. The van der Waals surface area contributed by atoms with E-state index in [4.69, 9.17) is 4.74 Å². The number of imide groups is 1. The Balaban J connectivity index is 1.75. The Morgan fingerprint density at radius 2 is 2.06 bits per heavy atom. The highest BCUT2D eigenvalue weighted by molar-refractivity contribution is 5.97. The zero-order valence-electron chi connectivity index (χ0n) is 9.59. The van der Waals surface area contributed by atoms with E-state index in [1.165, 1.54) is 4.90 Å². The van der Waals surface area contributed by atoms with Crippen molar-refractivity contribution in [2.75, 3.05) is 13.2 Å². The summed E-state index contributed by atoms with van der Waals surface area (Å²) in [6.45, 7) is 0.904. The number of nitrogens with zero attached hydrogens (tertiary/aromatic N) is 1. The third-order valence-corrected chi connectivity index (χ3v) is 2.71. The molecule has 4 nitrogen and oxygen atoms in total. The number of rotatable bonds is 4. The monoisotopic (exact) mass is 233 g/mol. The summed E-state index contributed by atoms with van der Waals surface area (Å²) in [5.74, 6) is -0.318. The molecular weight excluding hydrogens is 218 g/mol. The fourth-order valence-corrected chi connectivity index (χ4v) is 1.82. The van der Waals surface area contributed by atoms with Gasteiger partial charge in [-0.3, -0.25) is 14.5 Å². The van der Waals surface area contributed by atoms with Crippen molar-refractivity contribution >= 4 is 11.8 Å². The highest BCUT2D eigenvalue weighted by atomic mass is 16.5. The van der Waals surface area contributed by atoms with Gasteiger partial charge in [0.25, 0.3) is 5.91 Å². The quantitative estimate of drug-likeness (QED) is 0.788. The number of likely N-dealkylation sites (tertiary alicyclic amines) is 1. The molecule has 4 heteroatoms. The van der Waals surface area contributed by atoms with E-state index in [9.17, 15) is 9.59 Å². The average Bonchev–Trinajstić information content (AvgIpc) is 2.77. The second-order valence-corrected chi connectivity index (χ2v) is 4.02. The van der Waals surface area contributed by atoms with Crippen LogP contribution in [0.15, 0.2) is 30.3 Å². The Bertz CT molecular complexity index is 402. The molecule has 1 aromatic rings. The maximum Gasteiger partial charge on any atom is 0.255 e. The molecular formula is C13H15NO3. The molecule has 0 aromatic heterocycles. The Morgan fingerprint density at radius 1 is 1.29 bits per heavy atom. The molecule has 1 aliphatic heterocycles. The normalized spacial score (nSPS) is 15.3. The molecule has 0 radical (unpaired) electrons. The first-order chi connectivity index (χ1) is 8.27. The molecule has 17 heavy (non-hydrogen) atoms. The van der Waals surface area contributed by atoms with E-state index in [2.05, 4.69) is 0 Å². The zero-order chi connectivity index (χ0) is 12.1. The van der Waals surface area contributed by atoms with E-state index in [1.54, 1.807) is 0 Å². The largest absolute Gasteiger partial charge is 0.367 e. The zero-order valence-corrected chi connectivity index (χ0v) is 9.59. The van der Waals surface area contributed by atoms with Crippen LogP contribution in [0.5, 0.6) is 0 Å². The number of carbonyl (C=O) groups is 2. The Labute approximate surface area is 100 Å². The summed E-state index contributed by atoms with van der Waals surface area (Å²) in [5, 5.41) is 0. The van der Waals surface area contributed by atoms with Crippen LogP contribution in [0, 0.1) is 0 Å². The molecule has 2 amide bonds. The molecule has 0 atom stereocenters. The van der Waals surface area contributed by atoms with Gasteiger partial charge < -0.3 is 4.74 Å². The lowest BCUT2D eigenvalue weighted by Gasteiger charge is -2.13. The number of amides is 2. The first-order valence-corrected chi connectivity index (χ1v) is 5.72. The van der Waals surface area contributed by atoms with E-state index < -0.39 is 0 Å². The van der Waals surface area contributed by atoms with Crippen LogP contribution in [-0.2, 0) is 20.9 Å². The second-order valence-electron chi connectivity index (χ2n) is 4.02. The minimum atomic E-state index is -0.233. The minimum Gasteiger partial charge on any atom is -0.367 e. The van der Waals surface area contributed by atoms with Gasteiger partial charge in [-0.15, -0.1) is 0 Å². The highest BCUT2D eigenvalue weighted by Gasteiger charge is 2.25. The maximum atomic E-state index is 11.6. The van der Waals surface area contributed by atoms with Crippen molar-refractivity contribution in [2.24, 2.45) is 0 Å². The van der Waals surface area contributed by atoms with Gasteiger partial charge in [0.2, 0.25) is 5.91 Å². The highest BCUT2D eigenvalue weighted by Crippen LogP contribution is 2.10. The van der Waals surface area contributed by atoms with Gasteiger partial charge in [-0.05, 0) is 12.0 Å². The second kappa shape index (κ2) is 5.59. The third-order valence-electron chi connectivity index (χ3n) is 2.71. The summed E-state index contributed by atoms with van der Waals surface area (Å²) in [5.41, 5.74) is 1.02. The SMILES string of the molecule is O=C1CCCN1C(=O)COCc1ccccc1. The maximum absolute atomic E-state index is 11.6. The smallest absolute Gasteiger partial charge is 0.255 e. The topological polar surface area (TPSA) is 46.6 Å². The molecule has 1 aromatic carbocycles. The molecule has 0 bridgehead atoms. The van der Waals surface area contributed by atoms with E-state index in [0.717, 1.165) is 12.0 Å². The number of hydrogen-bond donors (Lipinski definition) is 0. The van der Waals surface area contributed by atoms with Gasteiger partial charge in [0, 0.05) is 13.0 Å². The van der Waals surface area contributed by atoms with Crippen LogP contribution in [0.2, 0.25) is 0 Å². The van der Waals surface area contributed by atoms with Crippen molar-refractivity contribution in [2.45, 2.75) is 19.4 Å². The first kappa shape index (κ1) is 11.8. The first-order valence-electron chi connectivity index (χ1n) is 5.72. The van der Waals surface area contributed by atoms with Gasteiger partial charge in [-0.25, -0.2) is 0 Å². The van der Waals surface area contributed by atoms with Crippen molar-refractivity contribution in [1.29, 1.82) is 0 Å². The van der Waals surface area contributed by atoms with Crippen molar-refractivity contribution < 1.29 is 14.3 Å². The fourth-order valence-electron chi connectivity index (χ4n) is 1.82. The average molecular weight is 233 g/mol. The van der Waals surface area contributed by atoms with E-state index in [0.29, 0.717) is 19.6 Å². The summed E-state index contributed by atoms with van der Waals surface area (Å²) in [7, 11) is 0. The van der Waals surface area contributed by atoms with Gasteiger partial charge in [-0.1, -0.05) is 30.3 Å². The van der Waals surface area contributed by atoms with E-state index in [-0.39, 0.29) is 18.4 Å². The standard InChI is InChI=1S/C13H15NO3/c15-12-7-4-8-14(12)13(16)10-17-9-11-5-2-1-3-6-11/h1-3,5-6H,4,7-10H2. The van der Waals surface area contributed by atoms with Gasteiger partial charge in [0.15, 0.2) is 0 Å². The lowest BCUT2D eigenvalue weighted by atomic mass is 10.2. The Kier molecular flexibility index (Phi) is 3.88. The van der Waals surface area contributed by atoms with Crippen LogP contribution in [-0.4, -0.2) is 29.9 Å². The Morgan fingerprint density at radius 3 is 2.71 bits per heavy atom. The summed E-state index contributed by atoms with van der Waals surface area (Å²) in [6.07, 6.45) is 1.24. The molecule has 1 heterocycles. The number of benzene rings is 1. The van der Waals surface area contributed by atoms with E-state index >= 15 is 0 Å². The number of carbonyl (C=O) groups excluding carboxylic acids is 2. The molecule has 0 spiro atoms. The van der Waals surface area contributed by atoms with Crippen LogP contribution >= 0.6 is 0 Å². The summed E-state index contributed by atoms with van der Waals surface area (Å²) in [6, 6.07) is 9.64. The van der Waals surface area contributed by atoms with Gasteiger partial charge in [-0.2, -0.15) is 0 Å². The van der Waals surface area contributed by atoms with Gasteiger partial charge in [0.05, 0.1) is 6.61 Å². The van der Waals surface area contributed by atoms with E-state index in [1.807, 2.05) is 30.3 Å². The molecule has 1 aliphatic rings. The minimum absolute atomic E-state index is 0.0271. The molecule has 0 saturated carbocycles. The third kappa shape index (κ3) is 3.14. The lowest BCUT2D eigenvalue weighted by molar-refractivity contribution is -0.145. The van der Waals surface area contributed by atoms with Crippen LogP contribution in [0.25, 0.3) is 0 Å². The predicted molar refractivity (Wildman–Crippen MR) is 62.1 cm³/mol. The number of hydrogen-bond acceptors (Lipinski definition) is 3. The van der Waals surface area contributed by atoms with Crippen LogP contribution < -0.4 is 0 Å². The Hall–Kier alpha value is -1.68. The summed E-state index contributed by atoms with van der Waals surface area (Å²) in [4.78, 5) is 24.2. The van der Waals surface area contributed by atoms with Crippen molar-refractivity contribution in [3.8, 4) is 0 Å². The van der Waals surface area contributed by atoms with Crippen molar-refractivity contribution in [1.82, 2.24) is 4.90 Å². The predicted octanol–water partition coefficient (Wildman–Crippen LogP) is 1.35.